The zero-order valence-electron chi connectivity index (χ0n) is 12.9. The highest BCUT2D eigenvalue weighted by atomic mass is 79.9. The molecule has 0 atom stereocenters. The van der Waals surface area contributed by atoms with Gasteiger partial charge in [-0.3, -0.25) is 4.79 Å². The molecule has 0 aliphatic heterocycles. The monoisotopic (exact) mass is 395 g/mol. The molecule has 24 heavy (non-hydrogen) atoms. The van der Waals surface area contributed by atoms with Gasteiger partial charge in [0.05, 0.1) is 12.8 Å². The third-order valence-corrected chi connectivity index (χ3v) is 3.59. The number of ether oxygens (including phenoxy) is 1. The van der Waals surface area contributed by atoms with Gasteiger partial charge in [0.1, 0.15) is 11.6 Å². The van der Waals surface area contributed by atoms with Crippen LogP contribution in [-0.2, 0) is 20.9 Å². The minimum absolute atomic E-state index is 0.239. The van der Waals surface area contributed by atoms with Crippen LogP contribution in [0.1, 0.15) is 11.3 Å². The third-order valence-electron chi connectivity index (χ3n) is 3.09. The molecule has 0 saturated heterocycles. The second kappa shape index (κ2) is 8.44. The van der Waals surface area contributed by atoms with Gasteiger partial charge < -0.3 is 14.1 Å². The number of hydrogen-bond donors (Lipinski definition) is 0. The molecule has 0 aliphatic carbocycles. The second-order valence-corrected chi connectivity index (χ2v) is 5.85. The summed E-state index contributed by atoms with van der Waals surface area (Å²) in [6.45, 7) is -0.121. The highest BCUT2D eigenvalue weighted by molar-refractivity contribution is 9.10. The number of likely N-dealkylation sites (N-methyl/N-ethyl adjacent to an activating group) is 1. The van der Waals surface area contributed by atoms with E-state index in [0.717, 1.165) is 6.08 Å². The molecule has 0 bridgehead atoms. The van der Waals surface area contributed by atoms with E-state index in [1.54, 1.807) is 25.2 Å². The molecular weight excluding hydrogens is 381 g/mol. The van der Waals surface area contributed by atoms with Gasteiger partial charge in [-0.25, -0.2) is 9.18 Å². The van der Waals surface area contributed by atoms with Crippen LogP contribution in [0.5, 0.6) is 0 Å². The normalized spacial score (nSPS) is 10.8. The standard InChI is InChI=1S/C17H15BrFNO4/c1-20(10-14-3-2-8-23-14)16(21)11-24-17(22)7-4-12-9-13(18)5-6-15(12)19/h2-9H,10-11H2,1H3/b7-4+. The van der Waals surface area contributed by atoms with Crippen LogP contribution in [0.4, 0.5) is 4.39 Å². The molecule has 2 rings (SSSR count). The van der Waals surface area contributed by atoms with Crippen molar-refractivity contribution in [2.75, 3.05) is 13.7 Å². The summed E-state index contributed by atoms with van der Waals surface area (Å²) in [5.41, 5.74) is 0.239. The van der Waals surface area contributed by atoms with Crippen LogP contribution in [0.25, 0.3) is 6.08 Å². The van der Waals surface area contributed by atoms with Crippen molar-refractivity contribution in [1.82, 2.24) is 4.90 Å². The van der Waals surface area contributed by atoms with E-state index in [1.807, 2.05) is 0 Å². The lowest BCUT2D eigenvalue weighted by molar-refractivity contribution is -0.147. The first-order valence-corrected chi connectivity index (χ1v) is 7.81. The number of benzene rings is 1. The first-order valence-electron chi connectivity index (χ1n) is 7.02. The molecule has 0 aliphatic rings. The van der Waals surface area contributed by atoms with Gasteiger partial charge in [0.25, 0.3) is 5.91 Å². The molecule has 0 unspecified atom stereocenters. The predicted octanol–water partition coefficient (Wildman–Crippen LogP) is 3.40. The van der Waals surface area contributed by atoms with Crippen LogP contribution >= 0.6 is 15.9 Å². The van der Waals surface area contributed by atoms with Gasteiger partial charge in [-0.05, 0) is 36.4 Å². The first-order chi connectivity index (χ1) is 11.5. The maximum absolute atomic E-state index is 13.5. The summed E-state index contributed by atoms with van der Waals surface area (Å²) < 4.78 is 24.2. The molecule has 1 amide bonds. The van der Waals surface area contributed by atoms with Crippen molar-refractivity contribution < 1.29 is 23.1 Å². The number of amides is 1. The van der Waals surface area contributed by atoms with Crippen molar-refractivity contribution in [3.05, 3.63) is 64.3 Å². The summed E-state index contributed by atoms with van der Waals surface area (Å²) in [4.78, 5) is 24.9. The minimum atomic E-state index is -0.728. The zero-order valence-corrected chi connectivity index (χ0v) is 14.5. The molecule has 0 fully saturated rings. The van der Waals surface area contributed by atoms with Crippen LogP contribution in [0.2, 0.25) is 0 Å². The Hall–Kier alpha value is -2.41. The van der Waals surface area contributed by atoms with Crippen LogP contribution in [0.15, 0.2) is 51.6 Å². The number of hydrogen-bond acceptors (Lipinski definition) is 4. The van der Waals surface area contributed by atoms with Crippen LogP contribution in [0.3, 0.4) is 0 Å². The summed E-state index contributed by atoms with van der Waals surface area (Å²) in [6.07, 6.45) is 3.88. The number of rotatable bonds is 6. The Balaban J connectivity index is 1.83. The number of esters is 1. The first kappa shape index (κ1) is 17.9. The van der Waals surface area contributed by atoms with Gasteiger partial charge in [-0.1, -0.05) is 15.9 Å². The van der Waals surface area contributed by atoms with Gasteiger partial charge in [-0.2, -0.15) is 0 Å². The lowest BCUT2D eigenvalue weighted by Crippen LogP contribution is -2.30. The van der Waals surface area contributed by atoms with Crippen molar-refractivity contribution in [3.8, 4) is 0 Å². The molecule has 1 heterocycles. The van der Waals surface area contributed by atoms with E-state index in [2.05, 4.69) is 15.9 Å². The average molecular weight is 396 g/mol. The molecule has 1 aromatic heterocycles. The molecule has 7 heteroatoms. The smallest absolute Gasteiger partial charge is 0.331 e. The zero-order chi connectivity index (χ0) is 17.5. The fourth-order valence-corrected chi connectivity index (χ4v) is 2.19. The quantitative estimate of drug-likeness (QED) is 0.555. The average Bonchev–Trinajstić information content (AvgIpc) is 3.06. The second-order valence-electron chi connectivity index (χ2n) is 4.94. The number of carbonyl (C=O) groups excluding carboxylic acids is 2. The predicted molar refractivity (Wildman–Crippen MR) is 89.3 cm³/mol. The van der Waals surface area contributed by atoms with E-state index in [1.165, 1.54) is 29.4 Å². The molecule has 2 aromatic rings. The Labute approximate surface area is 146 Å². The molecule has 0 spiro atoms. The van der Waals surface area contributed by atoms with Crippen LogP contribution in [-0.4, -0.2) is 30.4 Å². The van der Waals surface area contributed by atoms with Crippen molar-refractivity contribution in [2.45, 2.75) is 6.54 Å². The summed E-state index contributed by atoms with van der Waals surface area (Å²) >= 11 is 3.22. The van der Waals surface area contributed by atoms with Crippen molar-refractivity contribution in [3.63, 3.8) is 0 Å². The molecule has 5 nitrogen and oxygen atoms in total. The molecule has 0 N–H and O–H groups in total. The van der Waals surface area contributed by atoms with Crippen molar-refractivity contribution in [2.24, 2.45) is 0 Å². The van der Waals surface area contributed by atoms with E-state index in [0.29, 0.717) is 10.2 Å². The number of nitrogens with zero attached hydrogens (tertiary/aromatic N) is 1. The van der Waals surface area contributed by atoms with Crippen LogP contribution < -0.4 is 0 Å². The van der Waals surface area contributed by atoms with E-state index >= 15 is 0 Å². The van der Waals surface area contributed by atoms with Gasteiger partial charge in [-0.15, -0.1) is 0 Å². The van der Waals surface area contributed by atoms with Gasteiger partial charge >= 0.3 is 5.97 Å². The molecule has 1 aromatic carbocycles. The SMILES string of the molecule is CN(Cc1ccco1)C(=O)COC(=O)/C=C/c1cc(Br)ccc1F. The number of halogens is 2. The van der Waals surface area contributed by atoms with Gasteiger partial charge in [0, 0.05) is 23.2 Å². The summed E-state index contributed by atoms with van der Waals surface area (Å²) in [5, 5.41) is 0. The van der Waals surface area contributed by atoms with E-state index in [-0.39, 0.29) is 18.0 Å². The Kier molecular flexibility index (Phi) is 6.31. The summed E-state index contributed by atoms with van der Waals surface area (Å²) in [5.74, 6) is -0.936. The van der Waals surface area contributed by atoms with E-state index in [4.69, 9.17) is 9.15 Å². The Morgan fingerprint density at radius 2 is 2.17 bits per heavy atom. The Morgan fingerprint density at radius 3 is 2.88 bits per heavy atom. The third kappa shape index (κ3) is 5.34. The van der Waals surface area contributed by atoms with Crippen LogP contribution in [0, 0.1) is 5.82 Å². The maximum Gasteiger partial charge on any atom is 0.331 e. The largest absolute Gasteiger partial charge is 0.467 e. The van der Waals surface area contributed by atoms with Crippen molar-refractivity contribution in [1.29, 1.82) is 0 Å². The maximum atomic E-state index is 13.5. The summed E-state index contributed by atoms with van der Waals surface area (Å²) in [7, 11) is 1.57. The highest BCUT2D eigenvalue weighted by Crippen LogP contribution is 2.16. The Bertz CT molecular complexity index is 743. The van der Waals surface area contributed by atoms with E-state index in [9.17, 15) is 14.0 Å². The molecule has 0 saturated carbocycles. The highest BCUT2D eigenvalue weighted by Gasteiger charge is 2.12. The lowest BCUT2D eigenvalue weighted by atomic mass is 10.2. The fourth-order valence-electron chi connectivity index (χ4n) is 1.82. The molecular formula is C17H15BrFNO4. The van der Waals surface area contributed by atoms with E-state index < -0.39 is 18.4 Å². The topological polar surface area (TPSA) is 59.8 Å². The number of carbonyl (C=O) groups is 2. The number of furan rings is 1. The van der Waals surface area contributed by atoms with Gasteiger partial charge in [0.2, 0.25) is 0 Å². The molecule has 126 valence electrons. The Morgan fingerprint density at radius 1 is 1.38 bits per heavy atom. The molecule has 0 radical (unpaired) electrons. The van der Waals surface area contributed by atoms with Crippen molar-refractivity contribution >= 4 is 33.9 Å². The minimum Gasteiger partial charge on any atom is -0.467 e. The fraction of sp³-hybridized carbons (Fsp3) is 0.176. The van der Waals surface area contributed by atoms with Gasteiger partial charge in [0.15, 0.2) is 6.61 Å². The summed E-state index contributed by atoms with van der Waals surface area (Å²) in [6, 6.07) is 7.83. The lowest BCUT2D eigenvalue weighted by Gasteiger charge is -2.15.